The Hall–Kier alpha value is -1.10. The lowest BCUT2D eigenvalue weighted by atomic mass is 9.75. The highest BCUT2D eigenvalue weighted by molar-refractivity contribution is 5.86. The predicted octanol–water partition coefficient (Wildman–Crippen LogP) is 2.79. The summed E-state index contributed by atoms with van der Waals surface area (Å²) in [6.07, 6.45) is 3.15. The first-order chi connectivity index (χ1) is 10.6. The minimum Gasteiger partial charge on any atom is -0.381 e. The van der Waals surface area contributed by atoms with Gasteiger partial charge in [0.2, 0.25) is 5.91 Å². The molecule has 1 saturated heterocycles. The molecule has 0 radical (unpaired) electrons. The highest BCUT2D eigenvalue weighted by Crippen LogP contribution is 2.31. The molecule has 4 nitrogen and oxygen atoms in total. The number of carbonyl (C=O) groups excluding carboxylic acids is 1. The fourth-order valence-electron chi connectivity index (χ4n) is 3.19. The van der Waals surface area contributed by atoms with Crippen LogP contribution in [0, 0.1) is 0 Å². The molecule has 0 atom stereocenters. The third-order valence-corrected chi connectivity index (χ3v) is 5.16. The molecule has 3 N–H and O–H groups in total. The van der Waals surface area contributed by atoms with Gasteiger partial charge >= 0.3 is 0 Å². The predicted molar refractivity (Wildman–Crippen MR) is 95.9 cm³/mol. The molecule has 0 saturated carbocycles. The van der Waals surface area contributed by atoms with E-state index in [-0.39, 0.29) is 23.7 Å². The molecule has 0 aliphatic carbocycles. The fourth-order valence-corrected chi connectivity index (χ4v) is 3.19. The first-order valence-corrected chi connectivity index (χ1v) is 8.27. The molecule has 1 fully saturated rings. The van der Waals surface area contributed by atoms with Gasteiger partial charge in [-0.2, -0.15) is 0 Å². The molecule has 1 aromatic rings. The van der Waals surface area contributed by atoms with E-state index < -0.39 is 5.54 Å². The van der Waals surface area contributed by atoms with Crippen molar-refractivity contribution in [2.24, 2.45) is 5.73 Å². The van der Waals surface area contributed by atoms with Gasteiger partial charge in [-0.15, -0.1) is 12.4 Å². The van der Waals surface area contributed by atoms with Crippen molar-refractivity contribution in [3.8, 4) is 0 Å². The summed E-state index contributed by atoms with van der Waals surface area (Å²) in [6.45, 7) is 6.11. The lowest BCUT2D eigenvalue weighted by Gasteiger charge is -2.36. The molecular weight excluding hydrogens is 312 g/mol. The van der Waals surface area contributed by atoms with Gasteiger partial charge in [-0.25, -0.2) is 0 Å². The Morgan fingerprint density at radius 3 is 2.30 bits per heavy atom. The van der Waals surface area contributed by atoms with Crippen molar-refractivity contribution in [1.82, 2.24) is 5.32 Å². The van der Waals surface area contributed by atoms with E-state index in [2.05, 4.69) is 43.4 Å². The number of nitrogens with two attached hydrogens (primary N) is 1. The molecule has 1 amide bonds. The quantitative estimate of drug-likeness (QED) is 0.837. The standard InChI is InChI=1S/C18H28N2O2.ClH/c1-3-17(4-2,15-8-6-5-7-9-15)14-20-16(21)18(19)10-12-22-13-11-18;/h5-9H,3-4,10-14,19H2,1-2H3,(H,20,21);1H. The summed E-state index contributed by atoms with van der Waals surface area (Å²) in [4.78, 5) is 12.5. The second-order valence-corrected chi connectivity index (χ2v) is 6.30. The van der Waals surface area contributed by atoms with Crippen LogP contribution in [-0.4, -0.2) is 31.2 Å². The van der Waals surface area contributed by atoms with E-state index in [9.17, 15) is 4.79 Å². The fraction of sp³-hybridized carbons (Fsp3) is 0.611. The summed E-state index contributed by atoms with van der Waals surface area (Å²) < 4.78 is 5.31. The molecule has 130 valence electrons. The Labute approximate surface area is 145 Å². The van der Waals surface area contributed by atoms with Crippen LogP contribution in [0.25, 0.3) is 0 Å². The van der Waals surface area contributed by atoms with Crippen molar-refractivity contribution in [3.05, 3.63) is 35.9 Å². The smallest absolute Gasteiger partial charge is 0.240 e. The molecule has 1 aliphatic rings. The monoisotopic (exact) mass is 340 g/mol. The molecule has 0 spiro atoms. The molecule has 1 aliphatic heterocycles. The Balaban J connectivity index is 0.00000264. The van der Waals surface area contributed by atoms with E-state index in [4.69, 9.17) is 10.5 Å². The second-order valence-electron chi connectivity index (χ2n) is 6.30. The number of benzene rings is 1. The van der Waals surface area contributed by atoms with Gasteiger partial charge < -0.3 is 15.8 Å². The van der Waals surface area contributed by atoms with Gasteiger partial charge in [-0.05, 0) is 31.2 Å². The number of nitrogens with one attached hydrogen (secondary N) is 1. The van der Waals surface area contributed by atoms with Crippen LogP contribution in [0.1, 0.15) is 45.1 Å². The van der Waals surface area contributed by atoms with Crippen molar-refractivity contribution >= 4 is 18.3 Å². The topological polar surface area (TPSA) is 64.4 Å². The molecule has 0 bridgehead atoms. The molecular formula is C18H29ClN2O2. The third-order valence-electron chi connectivity index (χ3n) is 5.16. The van der Waals surface area contributed by atoms with Crippen molar-refractivity contribution < 1.29 is 9.53 Å². The number of halogens is 1. The van der Waals surface area contributed by atoms with E-state index in [1.165, 1.54) is 5.56 Å². The number of ether oxygens (including phenoxy) is 1. The normalized spacial score (nSPS) is 17.2. The highest BCUT2D eigenvalue weighted by Gasteiger charge is 2.37. The summed E-state index contributed by atoms with van der Waals surface area (Å²) in [5, 5.41) is 3.11. The van der Waals surface area contributed by atoms with Crippen LogP contribution in [0.15, 0.2) is 30.3 Å². The maximum absolute atomic E-state index is 12.5. The van der Waals surface area contributed by atoms with Gasteiger partial charge in [-0.3, -0.25) is 4.79 Å². The molecule has 1 heterocycles. The zero-order valence-electron chi connectivity index (χ0n) is 14.1. The minimum atomic E-state index is -0.776. The zero-order chi connectivity index (χ0) is 16.1. The number of rotatable bonds is 6. The van der Waals surface area contributed by atoms with Crippen LogP contribution in [0.4, 0.5) is 0 Å². The van der Waals surface area contributed by atoms with Crippen LogP contribution in [0.5, 0.6) is 0 Å². The van der Waals surface area contributed by atoms with Crippen LogP contribution in [0.2, 0.25) is 0 Å². The van der Waals surface area contributed by atoms with Gasteiger partial charge in [0.15, 0.2) is 0 Å². The van der Waals surface area contributed by atoms with Gasteiger partial charge in [0.25, 0.3) is 0 Å². The first kappa shape index (κ1) is 19.9. The molecule has 5 heteroatoms. The second kappa shape index (κ2) is 8.67. The maximum atomic E-state index is 12.5. The van der Waals surface area contributed by atoms with Gasteiger partial charge in [0.05, 0.1) is 5.54 Å². The Bertz CT molecular complexity index is 483. The molecule has 0 unspecified atom stereocenters. The number of carbonyl (C=O) groups is 1. The van der Waals surface area contributed by atoms with Crippen molar-refractivity contribution in [2.45, 2.75) is 50.5 Å². The number of amides is 1. The summed E-state index contributed by atoms with van der Waals surface area (Å²) in [7, 11) is 0. The van der Waals surface area contributed by atoms with Gasteiger partial charge in [0, 0.05) is 25.2 Å². The maximum Gasteiger partial charge on any atom is 0.240 e. The van der Waals surface area contributed by atoms with E-state index in [1.807, 2.05) is 6.07 Å². The lowest BCUT2D eigenvalue weighted by Crippen LogP contribution is -2.58. The summed E-state index contributed by atoms with van der Waals surface area (Å²) >= 11 is 0. The Morgan fingerprint density at radius 1 is 1.22 bits per heavy atom. The van der Waals surface area contributed by atoms with Crippen molar-refractivity contribution in [2.75, 3.05) is 19.8 Å². The first-order valence-electron chi connectivity index (χ1n) is 8.27. The van der Waals surface area contributed by atoms with Crippen molar-refractivity contribution in [3.63, 3.8) is 0 Å². The summed E-state index contributed by atoms with van der Waals surface area (Å²) in [5.41, 5.74) is 6.73. The van der Waals surface area contributed by atoms with E-state index >= 15 is 0 Å². The summed E-state index contributed by atoms with van der Waals surface area (Å²) in [6, 6.07) is 10.4. The largest absolute Gasteiger partial charge is 0.381 e. The van der Waals surface area contributed by atoms with Crippen LogP contribution >= 0.6 is 12.4 Å². The molecule has 2 rings (SSSR count). The van der Waals surface area contributed by atoms with Crippen LogP contribution < -0.4 is 11.1 Å². The zero-order valence-corrected chi connectivity index (χ0v) is 15.0. The van der Waals surface area contributed by atoms with Crippen LogP contribution in [-0.2, 0) is 14.9 Å². The van der Waals surface area contributed by atoms with E-state index in [0.29, 0.717) is 32.6 Å². The number of hydrogen-bond acceptors (Lipinski definition) is 3. The van der Waals surface area contributed by atoms with E-state index in [1.54, 1.807) is 0 Å². The molecule has 1 aromatic carbocycles. The SMILES string of the molecule is CCC(CC)(CNC(=O)C1(N)CCOCC1)c1ccccc1.Cl. The average molecular weight is 341 g/mol. The molecule has 0 aromatic heterocycles. The third kappa shape index (κ3) is 4.46. The summed E-state index contributed by atoms with van der Waals surface area (Å²) in [5.74, 6) is -0.0435. The van der Waals surface area contributed by atoms with Gasteiger partial charge in [-0.1, -0.05) is 44.2 Å². The van der Waals surface area contributed by atoms with E-state index in [0.717, 1.165) is 12.8 Å². The van der Waals surface area contributed by atoms with Gasteiger partial charge in [0.1, 0.15) is 0 Å². The average Bonchev–Trinajstić information content (AvgIpc) is 2.57. The molecule has 23 heavy (non-hydrogen) atoms. The number of hydrogen-bond donors (Lipinski definition) is 2. The minimum absolute atomic E-state index is 0. The van der Waals surface area contributed by atoms with Crippen LogP contribution in [0.3, 0.4) is 0 Å². The highest BCUT2D eigenvalue weighted by atomic mass is 35.5. The van der Waals surface area contributed by atoms with Crippen molar-refractivity contribution in [1.29, 1.82) is 0 Å². The Kier molecular flexibility index (Phi) is 7.52. The Morgan fingerprint density at radius 2 is 1.78 bits per heavy atom. The lowest BCUT2D eigenvalue weighted by molar-refractivity contribution is -0.130.